The van der Waals surface area contributed by atoms with E-state index in [-0.39, 0.29) is 6.42 Å². The number of carboxylic acids is 1. The van der Waals surface area contributed by atoms with Crippen LogP contribution < -0.4 is 14.2 Å². The van der Waals surface area contributed by atoms with E-state index in [2.05, 4.69) is 0 Å². The van der Waals surface area contributed by atoms with E-state index >= 15 is 0 Å². The largest absolute Gasteiger partial charge is 0.492 e. The second kappa shape index (κ2) is 4.08. The molecule has 0 amide bonds. The van der Waals surface area contributed by atoms with Gasteiger partial charge in [-0.2, -0.15) is 0 Å². The Balaban J connectivity index is 2.23. The van der Waals surface area contributed by atoms with Crippen LogP contribution in [-0.4, -0.2) is 31.4 Å². The topological polar surface area (TPSA) is 65.0 Å². The van der Waals surface area contributed by atoms with E-state index in [9.17, 15) is 4.79 Å². The minimum absolute atomic E-state index is 0.0297. The lowest BCUT2D eigenvalue weighted by atomic mass is 9.96. The highest BCUT2D eigenvalue weighted by molar-refractivity contribution is 5.76. The summed E-state index contributed by atoms with van der Waals surface area (Å²) in [6, 6.07) is 0. The minimum atomic E-state index is -0.855. The van der Waals surface area contributed by atoms with E-state index in [1.54, 1.807) is 7.11 Å². The van der Waals surface area contributed by atoms with Gasteiger partial charge in [0.1, 0.15) is 5.75 Å². The zero-order valence-corrected chi connectivity index (χ0v) is 10.1. The van der Waals surface area contributed by atoms with Crippen LogP contribution in [0.1, 0.15) is 16.7 Å². The predicted molar refractivity (Wildman–Crippen MR) is 62.7 cm³/mol. The zero-order valence-electron chi connectivity index (χ0n) is 10.1. The summed E-state index contributed by atoms with van der Waals surface area (Å²) >= 11 is 0. The molecule has 2 aliphatic rings. The lowest BCUT2D eigenvalue weighted by Crippen LogP contribution is -2.06. The van der Waals surface area contributed by atoms with Crippen LogP contribution in [0.25, 0.3) is 0 Å². The van der Waals surface area contributed by atoms with Crippen LogP contribution in [-0.2, 0) is 24.1 Å². The Morgan fingerprint density at radius 3 is 2.56 bits per heavy atom. The second-order valence-corrected chi connectivity index (χ2v) is 4.39. The third-order valence-corrected chi connectivity index (χ3v) is 3.40. The Hall–Kier alpha value is -1.91. The molecule has 2 aliphatic heterocycles. The van der Waals surface area contributed by atoms with Gasteiger partial charge in [-0.25, -0.2) is 0 Å². The quantitative estimate of drug-likeness (QED) is 0.873. The maximum absolute atomic E-state index is 11.0. The van der Waals surface area contributed by atoms with E-state index in [0.29, 0.717) is 36.9 Å². The van der Waals surface area contributed by atoms with Crippen LogP contribution in [0.3, 0.4) is 0 Å². The highest BCUT2D eigenvalue weighted by Crippen LogP contribution is 2.49. The molecular formula is C13H14O5. The van der Waals surface area contributed by atoms with Gasteiger partial charge in [-0.3, -0.25) is 4.79 Å². The number of benzene rings is 1. The Morgan fingerprint density at radius 2 is 1.89 bits per heavy atom. The predicted octanol–water partition coefficient (Wildman–Crippen LogP) is 1.19. The second-order valence-electron chi connectivity index (χ2n) is 4.39. The van der Waals surface area contributed by atoms with Crippen LogP contribution in [0.2, 0.25) is 0 Å². The summed E-state index contributed by atoms with van der Waals surface area (Å²) < 4.78 is 16.6. The average molecular weight is 250 g/mol. The molecular weight excluding hydrogens is 236 g/mol. The van der Waals surface area contributed by atoms with Crippen molar-refractivity contribution < 1.29 is 24.1 Å². The third kappa shape index (κ3) is 1.50. The molecule has 0 saturated carbocycles. The lowest BCUT2D eigenvalue weighted by molar-refractivity contribution is -0.136. The molecule has 5 nitrogen and oxygen atoms in total. The molecule has 1 aromatic rings. The number of hydrogen-bond donors (Lipinski definition) is 1. The smallest absolute Gasteiger partial charge is 0.307 e. The molecule has 0 radical (unpaired) electrons. The first-order valence-electron chi connectivity index (χ1n) is 5.94. The number of carboxylic acid groups (broad SMARTS) is 1. The molecule has 1 N–H and O–H groups in total. The Bertz CT molecular complexity index is 486. The summed E-state index contributed by atoms with van der Waals surface area (Å²) in [6.45, 7) is 1.14. The first kappa shape index (κ1) is 11.2. The van der Waals surface area contributed by atoms with Gasteiger partial charge in [0.15, 0.2) is 11.5 Å². The van der Waals surface area contributed by atoms with Gasteiger partial charge >= 0.3 is 5.97 Å². The van der Waals surface area contributed by atoms with Gasteiger partial charge in [-0.15, -0.1) is 0 Å². The number of rotatable bonds is 3. The average Bonchev–Trinajstić information content (AvgIpc) is 2.96. The zero-order chi connectivity index (χ0) is 12.7. The van der Waals surface area contributed by atoms with Gasteiger partial charge in [0.25, 0.3) is 0 Å². The van der Waals surface area contributed by atoms with Gasteiger partial charge in [-0.1, -0.05) is 0 Å². The minimum Gasteiger partial charge on any atom is -0.492 e. The SMILES string of the molecule is COc1c2c(c(CC(=O)O)c3c1OCC3)OCC2. The maximum atomic E-state index is 11.0. The molecule has 0 unspecified atom stereocenters. The van der Waals surface area contributed by atoms with Crippen molar-refractivity contribution in [2.45, 2.75) is 19.3 Å². The highest BCUT2D eigenvalue weighted by atomic mass is 16.5. The lowest BCUT2D eigenvalue weighted by Gasteiger charge is -2.15. The fourth-order valence-electron chi connectivity index (χ4n) is 2.72. The molecule has 5 heteroatoms. The van der Waals surface area contributed by atoms with E-state index in [1.165, 1.54) is 0 Å². The summed E-state index contributed by atoms with van der Waals surface area (Å²) in [7, 11) is 1.60. The number of fused-ring (bicyclic) bond motifs is 2. The molecule has 0 atom stereocenters. The summed E-state index contributed by atoms with van der Waals surface area (Å²) in [6.07, 6.45) is 1.42. The normalized spacial score (nSPS) is 15.6. The van der Waals surface area contributed by atoms with Crippen LogP contribution in [0.4, 0.5) is 0 Å². The summed E-state index contributed by atoms with van der Waals surface area (Å²) in [5.74, 6) is 1.26. The van der Waals surface area contributed by atoms with Gasteiger partial charge in [-0.05, 0) is 0 Å². The maximum Gasteiger partial charge on any atom is 0.307 e. The molecule has 0 aromatic heterocycles. The van der Waals surface area contributed by atoms with Crippen molar-refractivity contribution in [2.75, 3.05) is 20.3 Å². The molecule has 0 fully saturated rings. The van der Waals surface area contributed by atoms with Crippen molar-refractivity contribution in [1.29, 1.82) is 0 Å². The highest BCUT2D eigenvalue weighted by Gasteiger charge is 2.32. The van der Waals surface area contributed by atoms with Crippen LogP contribution >= 0.6 is 0 Å². The van der Waals surface area contributed by atoms with Crippen LogP contribution in [0, 0.1) is 0 Å². The van der Waals surface area contributed by atoms with E-state index < -0.39 is 5.97 Å². The fourth-order valence-corrected chi connectivity index (χ4v) is 2.72. The fraction of sp³-hybridized carbons (Fsp3) is 0.462. The monoisotopic (exact) mass is 250 g/mol. The number of methoxy groups -OCH3 is 1. The molecule has 96 valence electrons. The van der Waals surface area contributed by atoms with Gasteiger partial charge < -0.3 is 19.3 Å². The van der Waals surface area contributed by atoms with Crippen molar-refractivity contribution in [3.8, 4) is 17.2 Å². The van der Waals surface area contributed by atoms with Gasteiger partial charge in [0.2, 0.25) is 0 Å². The van der Waals surface area contributed by atoms with Crippen molar-refractivity contribution in [3.63, 3.8) is 0 Å². The van der Waals surface area contributed by atoms with Gasteiger partial charge in [0.05, 0.1) is 26.7 Å². The summed E-state index contributed by atoms with van der Waals surface area (Å²) in [5, 5.41) is 9.03. The van der Waals surface area contributed by atoms with E-state index in [4.69, 9.17) is 19.3 Å². The Kier molecular flexibility index (Phi) is 2.54. The van der Waals surface area contributed by atoms with Crippen molar-refractivity contribution in [2.24, 2.45) is 0 Å². The summed E-state index contributed by atoms with van der Waals surface area (Å²) in [4.78, 5) is 11.0. The Labute approximate surface area is 104 Å². The van der Waals surface area contributed by atoms with Crippen molar-refractivity contribution in [3.05, 3.63) is 16.7 Å². The number of carbonyl (C=O) groups is 1. The van der Waals surface area contributed by atoms with Crippen molar-refractivity contribution in [1.82, 2.24) is 0 Å². The first-order valence-corrected chi connectivity index (χ1v) is 5.94. The van der Waals surface area contributed by atoms with Gasteiger partial charge in [0, 0.05) is 29.5 Å². The number of aliphatic carboxylic acids is 1. The summed E-state index contributed by atoms with van der Waals surface area (Å²) in [5.41, 5.74) is 2.62. The van der Waals surface area contributed by atoms with Crippen LogP contribution in [0.5, 0.6) is 17.2 Å². The van der Waals surface area contributed by atoms with Crippen molar-refractivity contribution >= 4 is 5.97 Å². The molecule has 2 heterocycles. The molecule has 18 heavy (non-hydrogen) atoms. The standard InChI is InChI=1S/C13H14O5/c1-16-12-8-3-5-17-11(8)9(6-10(14)15)7-2-4-18-13(7)12/h2-6H2,1H3,(H,14,15). The first-order chi connectivity index (χ1) is 8.72. The van der Waals surface area contributed by atoms with Crippen LogP contribution in [0.15, 0.2) is 0 Å². The molecule has 0 bridgehead atoms. The third-order valence-electron chi connectivity index (χ3n) is 3.40. The molecule has 1 aromatic carbocycles. The Morgan fingerprint density at radius 1 is 1.22 bits per heavy atom. The molecule has 3 rings (SSSR count). The molecule has 0 saturated heterocycles. The molecule has 0 spiro atoms. The number of hydrogen-bond acceptors (Lipinski definition) is 4. The number of ether oxygens (including phenoxy) is 3. The molecule has 0 aliphatic carbocycles. The van der Waals surface area contributed by atoms with E-state index in [0.717, 1.165) is 23.1 Å². The van der Waals surface area contributed by atoms with E-state index in [1.807, 2.05) is 0 Å².